The van der Waals surface area contributed by atoms with Gasteiger partial charge in [0.15, 0.2) is 0 Å². The molecule has 4 nitrogen and oxygen atoms in total. The van der Waals surface area contributed by atoms with Gasteiger partial charge in [0, 0.05) is 17.9 Å². The minimum atomic E-state index is -0.802. The zero-order valence-electron chi connectivity index (χ0n) is 9.81. The highest BCUT2D eigenvalue weighted by Gasteiger charge is 2.28. The van der Waals surface area contributed by atoms with E-state index in [1.54, 1.807) is 0 Å². The van der Waals surface area contributed by atoms with Crippen molar-refractivity contribution in [2.75, 3.05) is 0 Å². The predicted octanol–water partition coefficient (Wildman–Crippen LogP) is 2.04. The molecule has 0 unspecified atom stereocenters. The zero-order chi connectivity index (χ0) is 11.7. The number of carbonyl (C=O) groups is 1. The number of aromatic nitrogens is 2. The van der Waals surface area contributed by atoms with Gasteiger partial charge in [0.2, 0.25) is 0 Å². The van der Waals surface area contributed by atoms with E-state index in [-0.39, 0.29) is 6.42 Å². The Hall–Kier alpha value is -1.32. The van der Waals surface area contributed by atoms with E-state index in [1.807, 2.05) is 6.20 Å². The molecular weight excluding hydrogens is 204 g/mol. The quantitative estimate of drug-likeness (QED) is 0.829. The lowest BCUT2D eigenvalue weighted by atomic mass is 10.1. The summed E-state index contributed by atoms with van der Waals surface area (Å²) in [5, 5.41) is 8.83. The second-order valence-electron chi connectivity index (χ2n) is 4.94. The summed E-state index contributed by atoms with van der Waals surface area (Å²) in [4.78, 5) is 15.0. The fourth-order valence-corrected chi connectivity index (χ4v) is 2.05. The molecule has 1 saturated carbocycles. The smallest absolute Gasteiger partial charge is 0.311 e. The van der Waals surface area contributed by atoms with Gasteiger partial charge in [0.05, 0.1) is 0 Å². The van der Waals surface area contributed by atoms with E-state index in [9.17, 15) is 4.79 Å². The van der Waals surface area contributed by atoms with Gasteiger partial charge in [-0.15, -0.1) is 0 Å². The molecule has 0 spiro atoms. The third kappa shape index (κ3) is 2.43. The van der Waals surface area contributed by atoms with Crippen LogP contribution < -0.4 is 0 Å². The van der Waals surface area contributed by atoms with Crippen molar-refractivity contribution in [3.8, 4) is 0 Å². The van der Waals surface area contributed by atoms with Gasteiger partial charge in [-0.25, -0.2) is 4.98 Å². The molecule has 0 atom stereocenters. The zero-order valence-corrected chi connectivity index (χ0v) is 9.81. The van der Waals surface area contributed by atoms with E-state index in [4.69, 9.17) is 5.11 Å². The van der Waals surface area contributed by atoms with Crippen molar-refractivity contribution >= 4 is 5.97 Å². The van der Waals surface area contributed by atoms with Gasteiger partial charge in [-0.05, 0) is 25.2 Å². The molecule has 1 aliphatic carbocycles. The molecule has 0 bridgehead atoms. The van der Waals surface area contributed by atoms with Crippen LogP contribution in [0.5, 0.6) is 0 Å². The summed E-state index contributed by atoms with van der Waals surface area (Å²) >= 11 is 0. The molecule has 0 aliphatic heterocycles. The fourth-order valence-electron chi connectivity index (χ4n) is 2.05. The van der Waals surface area contributed by atoms with E-state index < -0.39 is 5.97 Å². The lowest BCUT2D eigenvalue weighted by molar-refractivity contribution is -0.136. The van der Waals surface area contributed by atoms with Crippen molar-refractivity contribution in [2.24, 2.45) is 5.92 Å². The summed E-state index contributed by atoms with van der Waals surface area (Å²) in [5.74, 6) is 0.487. The van der Waals surface area contributed by atoms with Crippen LogP contribution in [0.2, 0.25) is 0 Å². The van der Waals surface area contributed by atoms with Crippen molar-refractivity contribution < 1.29 is 9.90 Å². The van der Waals surface area contributed by atoms with Crippen LogP contribution in [0.3, 0.4) is 0 Å². The molecule has 1 fully saturated rings. The van der Waals surface area contributed by atoms with Gasteiger partial charge in [-0.1, -0.05) is 13.8 Å². The summed E-state index contributed by atoms with van der Waals surface area (Å²) in [6, 6.07) is 0.505. The first-order chi connectivity index (χ1) is 7.58. The van der Waals surface area contributed by atoms with Crippen LogP contribution in [0.1, 0.15) is 44.2 Å². The van der Waals surface area contributed by atoms with Crippen LogP contribution in [0, 0.1) is 5.92 Å². The third-order valence-corrected chi connectivity index (χ3v) is 2.79. The first kappa shape index (κ1) is 11.2. The Labute approximate surface area is 95.3 Å². The lowest BCUT2D eigenvalue weighted by Gasteiger charge is -2.11. The lowest BCUT2D eigenvalue weighted by Crippen LogP contribution is -2.11. The van der Waals surface area contributed by atoms with Crippen LogP contribution in [-0.4, -0.2) is 20.6 Å². The summed E-state index contributed by atoms with van der Waals surface area (Å²) in [5.41, 5.74) is 1.19. The van der Waals surface area contributed by atoms with E-state index in [2.05, 4.69) is 23.4 Å². The Morgan fingerprint density at radius 2 is 2.31 bits per heavy atom. The van der Waals surface area contributed by atoms with E-state index in [0.29, 0.717) is 17.8 Å². The number of carboxylic acids is 1. The summed E-state index contributed by atoms with van der Waals surface area (Å²) in [6.07, 6.45) is 5.18. The van der Waals surface area contributed by atoms with Gasteiger partial charge < -0.3 is 9.67 Å². The SMILES string of the molecule is CC(C)Cc1cnc(CC(=O)O)n1C1CC1. The maximum Gasteiger partial charge on any atom is 0.311 e. The van der Waals surface area contributed by atoms with Crippen LogP contribution in [0.4, 0.5) is 0 Å². The normalized spacial score (nSPS) is 15.7. The minimum absolute atomic E-state index is 0.0363. The fraction of sp³-hybridized carbons (Fsp3) is 0.667. The van der Waals surface area contributed by atoms with Crippen molar-refractivity contribution in [3.63, 3.8) is 0 Å². The highest BCUT2D eigenvalue weighted by molar-refractivity contribution is 5.69. The molecular formula is C12H18N2O2. The summed E-state index contributed by atoms with van der Waals surface area (Å²) in [7, 11) is 0. The molecule has 16 heavy (non-hydrogen) atoms. The predicted molar refractivity (Wildman–Crippen MR) is 60.4 cm³/mol. The van der Waals surface area contributed by atoms with Crippen LogP contribution in [0.25, 0.3) is 0 Å². The average molecular weight is 222 g/mol. The standard InChI is InChI=1S/C12H18N2O2/c1-8(2)5-10-7-13-11(6-12(15)16)14(10)9-3-4-9/h7-9H,3-6H2,1-2H3,(H,15,16). The number of hydrogen-bond donors (Lipinski definition) is 1. The van der Waals surface area contributed by atoms with Crippen molar-refractivity contribution in [1.29, 1.82) is 0 Å². The molecule has 1 aromatic heterocycles. The summed E-state index contributed by atoms with van der Waals surface area (Å²) in [6.45, 7) is 4.34. The average Bonchev–Trinajstić information content (AvgIpc) is 2.91. The second kappa shape index (κ2) is 4.28. The minimum Gasteiger partial charge on any atom is -0.481 e. The van der Waals surface area contributed by atoms with Gasteiger partial charge in [-0.2, -0.15) is 0 Å². The van der Waals surface area contributed by atoms with Gasteiger partial charge in [-0.3, -0.25) is 4.79 Å². The number of imidazole rings is 1. The molecule has 0 aromatic carbocycles. The third-order valence-electron chi connectivity index (χ3n) is 2.79. The molecule has 0 amide bonds. The van der Waals surface area contributed by atoms with Crippen molar-refractivity contribution in [3.05, 3.63) is 17.7 Å². The second-order valence-corrected chi connectivity index (χ2v) is 4.94. The Kier molecular flexibility index (Phi) is 2.99. The van der Waals surface area contributed by atoms with Gasteiger partial charge in [0.1, 0.15) is 12.2 Å². The van der Waals surface area contributed by atoms with E-state index >= 15 is 0 Å². The van der Waals surface area contributed by atoms with Crippen molar-refractivity contribution in [1.82, 2.24) is 9.55 Å². The Balaban J connectivity index is 2.24. The highest BCUT2D eigenvalue weighted by atomic mass is 16.4. The van der Waals surface area contributed by atoms with Crippen LogP contribution in [0.15, 0.2) is 6.20 Å². The Morgan fingerprint density at radius 3 is 2.81 bits per heavy atom. The van der Waals surface area contributed by atoms with E-state index in [0.717, 1.165) is 19.3 Å². The number of aliphatic carboxylic acids is 1. The topological polar surface area (TPSA) is 55.1 Å². The van der Waals surface area contributed by atoms with Gasteiger partial charge in [0.25, 0.3) is 0 Å². The molecule has 88 valence electrons. The highest BCUT2D eigenvalue weighted by Crippen LogP contribution is 2.37. The number of hydrogen-bond acceptors (Lipinski definition) is 2. The Morgan fingerprint density at radius 1 is 1.62 bits per heavy atom. The maximum atomic E-state index is 10.7. The molecule has 1 heterocycles. The molecule has 1 N–H and O–H groups in total. The number of carboxylic acid groups (broad SMARTS) is 1. The Bertz CT molecular complexity index is 392. The maximum absolute atomic E-state index is 10.7. The van der Waals surface area contributed by atoms with Gasteiger partial charge >= 0.3 is 5.97 Å². The molecule has 1 aromatic rings. The van der Waals surface area contributed by atoms with Crippen LogP contribution in [-0.2, 0) is 17.6 Å². The first-order valence-corrected chi connectivity index (χ1v) is 5.84. The molecule has 0 radical (unpaired) electrons. The first-order valence-electron chi connectivity index (χ1n) is 5.84. The summed E-state index contributed by atoms with van der Waals surface area (Å²) < 4.78 is 2.15. The molecule has 0 saturated heterocycles. The largest absolute Gasteiger partial charge is 0.481 e. The molecule has 2 rings (SSSR count). The van der Waals surface area contributed by atoms with Crippen molar-refractivity contribution in [2.45, 2.75) is 45.6 Å². The number of rotatable bonds is 5. The molecule has 4 heteroatoms. The van der Waals surface area contributed by atoms with Crippen LogP contribution >= 0.6 is 0 Å². The van der Waals surface area contributed by atoms with E-state index in [1.165, 1.54) is 5.69 Å². The number of nitrogens with zero attached hydrogens (tertiary/aromatic N) is 2. The monoisotopic (exact) mass is 222 g/mol. The molecule has 1 aliphatic rings.